The Morgan fingerprint density at radius 1 is 1.20 bits per heavy atom. The first-order chi connectivity index (χ1) is 9.52. The molecule has 0 aliphatic heterocycles. The smallest absolute Gasteiger partial charge is 0.138 e. The number of hydrogen-bond donors (Lipinski definition) is 0. The van der Waals surface area contributed by atoms with Crippen LogP contribution in [0.4, 0.5) is 4.39 Å². The van der Waals surface area contributed by atoms with Crippen LogP contribution in [-0.2, 0) is 0 Å². The molecular formula is C17H16FNO. The molecule has 2 aromatic rings. The predicted molar refractivity (Wildman–Crippen MR) is 77.1 cm³/mol. The summed E-state index contributed by atoms with van der Waals surface area (Å²) in [6.07, 6.45) is -0.0419. The molecule has 0 N–H and O–H groups in total. The summed E-state index contributed by atoms with van der Waals surface area (Å²) in [5, 5.41) is 9.09. The van der Waals surface area contributed by atoms with Crippen LogP contribution in [0.2, 0.25) is 0 Å². The molecule has 2 nitrogen and oxygen atoms in total. The van der Waals surface area contributed by atoms with Gasteiger partial charge < -0.3 is 4.74 Å². The van der Waals surface area contributed by atoms with Crippen LogP contribution in [0.1, 0.15) is 25.0 Å². The Hall–Kier alpha value is -2.34. The van der Waals surface area contributed by atoms with Gasteiger partial charge in [-0.15, -0.1) is 0 Å². The molecule has 0 aliphatic carbocycles. The largest absolute Gasteiger partial charge is 0.490 e. The average molecular weight is 269 g/mol. The summed E-state index contributed by atoms with van der Waals surface area (Å²) in [6, 6.07) is 12.5. The highest BCUT2D eigenvalue weighted by molar-refractivity contribution is 5.68. The third-order valence-electron chi connectivity index (χ3n) is 2.97. The molecule has 20 heavy (non-hydrogen) atoms. The van der Waals surface area contributed by atoms with Gasteiger partial charge in [-0.3, -0.25) is 0 Å². The van der Waals surface area contributed by atoms with Crippen molar-refractivity contribution in [2.75, 3.05) is 0 Å². The summed E-state index contributed by atoms with van der Waals surface area (Å²) in [5.74, 6) is 0.244. The summed E-state index contributed by atoms with van der Waals surface area (Å²) in [7, 11) is 0. The third-order valence-corrected chi connectivity index (χ3v) is 2.97. The molecule has 0 heterocycles. The van der Waals surface area contributed by atoms with E-state index in [0.717, 1.165) is 0 Å². The Morgan fingerprint density at radius 3 is 2.60 bits per heavy atom. The Bertz CT molecular complexity index is 671. The van der Waals surface area contributed by atoms with Crippen molar-refractivity contribution in [1.29, 1.82) is 5.26 Å². The van der Waals surface area contributed by atoms with Crippen LogP contribution in [0, 0.1) is 24.1 Å². The minimum absolute atomic E-state index is 0.0419. The fourth-order valence-electron chi connectivity index (χ4n) is 2.00. The van der Waals surface area contributed by atoms with Crippen LogP contribution in [0.5, 0.6) is 5.75 Å². The molecule has 0 fully saturated rings. The summed E-state index contributed by atoms with van der Waals surface area (Å²) in [6.45, 7) is 5.51. The SMILES string of the molecule is Cc1cccc(-c2ccc(C#N)c(OC(C)C)c2)c1F. The predicted octanol–water partition coefficient (Wildman–Crippen LogP) is 4.46. The summed E-state index contributed by atoms with van der Waals surface area (Å²) >= 11 is 0. The Labute approximate surface area is 118 Å². The first kappa shape index (κ1) is 14.1. The second-order valence-corrected chi connectivity index (χ2v) is 4.93. The first-order valence-corrected chi connectivity index (χ1v) is 6.49. The van der Waals surface area contributed by atoms with Crippen LogP contribution in [0.15, 0.2) is 36.4 Å². The lowest BCUT2D eigenvalue weighted by Crippen LogP contribution is -2.07. The Kier molecular flexibility index (Phi) is 4.05. The molecule has 0 bridgehead atoms. The minimum Gasteiger partial charge on any atom is -0.490 e. The molecule has 0 saturated heterocycles. The third kappa shape index (κ3) is 2.80. The number of nitrogens with zero attached hydrogens (tertiary/aromatic N) is 1. The number of rotatable bonds is 3. The molecule has 0 amide bonds. The Morgan fingerprint density at radius 2 is 1.95 bits per heavy atom. The van der Waals surface area contributed by atoms with Crippen molar-refractivity contribution in [3.8, 4) is 22.9 Å². The number of halogens is 1. The van der Waals surface area contributed by atoms with Crippen molar-refractivity contribution in [2.45, 2.75) is 26.9 Å². The monoisotopic (exact) mass is 269 g/mol. The second-order valence-electron chi connectivity index (χ2n) is 4.93. The van der Waals surface area contributed by atoms with Crippen LogP contribution in [0.25, 0.3) is 11.1 Å². The quantitative estimate of drug-likeness (QED) is 0.824. The zero-order valence-corrected chi connectivity index (χ0v) is 11.8. The molecule has 0 spiro atoms. The molecular weight excluding hydrogens is 253 g/mol. The topological polar surface area (TPSA) is 33.0 Å². The molecule has 2 aromatic carbocycles. The molecule has 3 heteroatoms. The zero-order valence-electron chi connectivity index (χ0n) is 11.8. The van der Waals surface area contributed by atoms with Crippen molar-refractivity contribution in [2.24, 2.45) is 0 Å². The Balaban J connectivity index is 2.53. The van der Waals surface area contributed by atoms with Gasteiger partial charge in [0, 0.05) is 5.56 Å². The molecule has 2 rings (SSSR count). The van der Waals surface area contributed by atoms with Gasteiger partial charge in [0.25, 0.3) is 0 Å². The average Bonchev–Trinajstić information content (AvgIpc) is 2.41. The van der Waals surface area contributed by atoms with E-state index in [1.54, 1.807) is 37.3 Å². The number of hydrogen-bond acceptors (Lipinski definition) is 2. The lowest BCUT2D eigenvalue weighted by molar-refractivity contribution is 0.242. The highest BCUT2D eigenvalue weighted by Crippen LogP contribution is 2.30. The van der Waals surface area contributed by atoms with Gasteiger partial charge >= 0.3 is 0 Å². The van der Waals surface area contributed by atoms with Gasteiger partial charge in [-0.25, -0.2) is 4.39 Å². The van der Waals surface area contributed by atoms with Crippen LogP contribution < -0.4 is 4.74 Å². The van der Waals surface area contributed by atoms with E-state index in [2.05, 4.69) is 6.07 Å². The van der Waals surface area contributed by atoms with Crippen LogP contribution in [-0.4, -0.2) is 6.10 Å². The maximum atomic E-state index is 14.2. The van der Waals surface area contributed by atoms with Crippen LogP contribution >= 0.6 is 0 Å². The first-order valence-electron chi connectivity index (χ1n) is 6.49. The number of aryl methyl sites for hydroxylation is 1. The van der Waals surface area contributed by atoms with Crippen molar-refractivity contribution in [3.05, 3.63) is 53.3 Å². The molecule has 0 saturated carbocycles. The van der Waals surface area contributed by atoms with Gasteiger partial charge in [-0.2, -0.15) is 5.26 Å². The van der Waals surface area contributed by atoms with E-state index in [0.29, 0.717) is 28.0 Å². The fourth-order valence-corrected chi connectivity index (χ4v) is 2.00. The van der Waals surface area contributed by atoms with E-state index in [-0.39, 0.29) is 11.9 Å². The second kappa shape index (κ2) is 5.75. The van der Waals surface area contributed by atoms with Crippen molar-refractivity contribution in [3.63, 3.8) is 0 Å². The van der Waals surface area contributed by atoms with Crippen molar-refractivity contribution in [1.82, 2.24) is 0 Å². The van der Waals surface area contributed by atoms with Gasteiger partial charge in [0.05, 0.1) is 11.7 Å². The van der Waals surface area contributed by atoms with E-state index in [1.165, 1.54) is 0 Å². The number of benzene rings is 2. The van der Waals surface area contributed by atoms with E-state index >= 15 is 0 Å². The van der Waals surface area contributed by atoms with Gasteiger partial charge in [0.2, 0.25) is 0 Å². The number of ether oxygens (including phenoxy) is 1. The normalized spacial score (nSPS) is 10.4. The standard InChI is InChI=1S/C17H16FNO/c1-11(2)20-16-9-13(7-8-14(16)10-19)15-6-4-5-12(3)17(15)18/h4-9,11H,1-3H3. The molecule has 0 aliphatic rings. The van der Waals surface area contributed by atoms with Gasteiger partial charge in [-0.05, 0) is 44.0 Å². The maximum Gasteiger partial charge on any atom is 0.138 e. The molecule has 0 radical (unpaired) electrons. The zero-order chi connectivity index (χ0) is 14.7. The van der Waals surface area contributed by atoms with E-state index in [1.807, 2.05) is 19.9 Å². The van der Waals surface area contributed by atoms with Crippen LogP contribution in [0.3, 0.4) is 0 Å². The lowest BCUT2D eigenvalue weighted by Gasteiger charge is -2.13. The van der Waals surface area contributed by atoms with Crippen molar-refractivity contribution < 1.29 is 9.13 Å². The lowest BCUT2D eigenvalue weighted by atomic mass is 10.0. The molecule has 0 aromatic heterocycles. The maximum absolute atomic E-state index is 14.2. The van der Waals surface area contributed by atoms with Gasteiger partial charge in [0.1, 0.15) is 17.6 Å². The van der Waals surface area contributed by atoms with E-state index in [4.69, 9.17) is 10.00 Å². The highest BCUT2D eigenvalue weighted by Gasteiger charge is 2.11. The summed E-state index contributed by atoms with van der Waals surface area (Å²) in [4.78, 5) is 0. The molecule has 0 atom stereocenters. The van der Waals surface area contributed by atoms with Gasteiger partial charge in [-0.1, -0.05) is 24.3 Å². The van der Waals surface area contributed by atoms with E-state index < -0.39 is 0 Å². The molecule has 102 valence electrons. The highest BCUT2D eigenvalue weighted by atomic mass is 19.1. The number of nitriles is 1. The molecule has 0 unspecified atom stereocenters. The summed E-state index contributed by atoms with van der Waals surface area (Å²) in [5.41, 5.74) is 2.28. The van der Waals surface area contributed by atoms with Crippen molar-refractivity contribution >= 4 is 0 Å². The van der Waals surface area contributed by atoms with Gasteiger partial charge in [0.15, 0.2) is 0 Å². The minimum atomic E-state index is -0.243. The fraction of sp³-hybridized carbons (Fsp3) is 0.235. The summed E-state index contributed by atoms with van der Waals surface area (Å²) < 4.78 is 19.8. The van der Waals surface area contributed by atoms with E-state index in [9.17, 15) is 4.39 Å².